The summed E-state index contributed by atoms with van der Waals surface area (Å²) in [7, 11) is -2.65. The van der Waals surface area contributed by atoms with Crippen LogP contribution in [0.3, 0.4) is 0 Å². The predicted molar refractivity (Wildman–Crippen MR) is 135 cm³/mol. The second-order valence-corrected chi connectivity index (χ2v) is 11.5. The standard InChI is InChI=1S/C25H25N3O6S2/c1-16-15-35-21(14-22(29)34-2)23(16)24(30)28(25(26)31)18-9-5-10-19(13-18)36(32,33)27-12-6-8-17-7-3-4-11-20(17)27/h3,5,7,9-10,15,19H,6,8,12-14H2,1-2H3,(H2,26,31). The highest BCUT2D eigenvalue weighted by Gasteiger charge is 2.38. The van der Waals surface area contributed by atoms with Gasteiger partial charge in [0.05, 0.1) is 19.1 Å². The van der Waals surface area contributed by atoms with Crippen molar-refractivity contribution in [3.63, 3.8) is 0 Å². The topological polar surface area (TPSA) is 127 Å². The van der Waals surface area contributed by atoms with Crippen LogP contribution in [-0.4, -0.2) is 50.1 Å². The Morgan fingerprint density at radius 3 is 2.83 bits per heavy atom. The molecule has 0 saturated heterocycles. The number of hydrogen-bond acceptors (Lipinski definition) is 7. The van der Waals surface area contributed by atoms with E-state index in [2.05, 4.69) is 12.1 Å². The van der Waals surface area contributed by atoms with Crippen molar-refractivity contribution in [3.05, 3.63) is 75.1 Å². The molecule has 188 valence electrons. The Hall–Kier alpha value is -3.62. The van der Waals surface area contributed by atoms with Gasteiger partial charge in [-0.3, -0.25) is 13.9 Å². The minimum Gasteiger partial charge on any atom is -0.469 e. The first-order valence-electron chi connectivity index (χ1n) is 11.2. The third-order valence-electron chi connectivity index (χ3n) is 6.14. The van der Waals surface area contributed by atoms with Gasteiger partial charge in [-0.25, -0.2) is 18.1 Å². The molecule has 2 aromatic rings. The number of ether oxygens (including phenoxy) is 1. The fourth-order valence-corrected chi connectivity index (χ4v) is 7.19. The first-order valence-corrected chi connectivity index (χ1v) is 13.6. The maximum Gasteiger partial charge on any atom is 0.326 e. The third-order valence-corrected chi connectivity index (χ3v) is 9.31. The van der Waals surface area contributed by atoms with E-state index < -0.39 is 33.2 Å². The smallest absolute Gasteiger partial charge is 0.326 e. The molecule has 2 aliphatic rings. The van der Waals surface area contributed by atoms with Crippen molar-refractivity contribution in [2.24, 2.45) is 5.73 Å². The molecule has 1 atom stereocenters. The van der Waals surface area contributed by atoms with Crippen molar-refractivity contribution in [1.29, 1.82) is 0 Å². The number of amides is 3. The Labute approximate surface area is 213 Å². The van der Waals surface area contributed by atoms with Gasteiger partial charge < -0.3 is 10.5 Å². The van der Waals surface area contributed by atoms with Crippen LogP contribution < -0.4 is 10.0 Å². The number of thiophene rings is 1. The van der Waals surface area contributed by atoms with Gasteiger partial charge in [0.25, 0.3) is 5.91 Å². The molecule has 9 nitrogen and oxygen atoms in total. The van der Waals surface area contributed by atoms with E-state index >= 15 is 0 Å². The van der Waals surface area contributed by atoms with Gasteiger partial charge in [0.1, 0.15) is 10.9 Å². The molecule has 3 amide bonds. The Morgan fingerprint density at radius 1 is 1.33 bits per heavy atom. The zero-order valence-corrected chi connectivity index (χ0v) is 21.4. The molecule has 0 bridgehead atoms. The van der Waals surface area contributed by atoms with Crippen LogP contribution in [-0.2, 0) is 32.4 Å². The normalized spacial score (nSPS) is 17.0. The van der Waals surface area contributed by atoms with E-state index in [0.29, 0.717) is 29.1 Å². The van der Waals surface area contributed by atoms with Crippen LogP contribution in [0.2, 0.25) is 0 Å². The highest BCUT2D eigenvalue weighted by atomic mass is 32.2. The molecular formula is C25H25N3O6S2. The number of allylic oxidation sites excluding steroid dienone is 3. The maximum atomic E-state index is 13.6. The molecule has 36 heavy (non-hydrogen) atoms. The highest BCUT2D eigenvalue weighted by Crippen LogP contribution is 2.33. The van der Waals surface area contributed by atoms with E-state index in [1.165, 1.54) is 41.0 Å². The van der Waals surface area contributed by atoms with E-state index in [-0.39, 0.29) is 24.1 Å². The maximum absolute atomic E-state index is 13.6. The fourth-order valence-electron chi connectivity index (χ4n) is 4.38. The lowest BCUT2D eigenvalue weighted by atomic mass is 10.1. The van der Waals surface area contributed by atoms with Crippen LogP contribution in [0.25, 0.3) is 0 Å². The minimum absolute atomic E-state index is 0.134. The Kier molecular flexibility index (Phi) is 7.19. The molecule has 0 saturated carbocycles. The second-order valence-electron chi connectivity index (χ2n) is 8.43. The van der Waals surface area contributed by atoms with E-state index in [4.69, 9.17) is 10.5 Å². The lowest BCUT2D eigenvalue weighted by Gasteiger charge is -2.33. The molecular weight excluding hydrogens is 502 g/mol. The van der Waals surface area contributed by atoms with Crippen LogP contribution in [0.4, 0.5) is 10.5 Å². The zero-order valence-electron chi connectivity index (χ0n) is 19.8. The predicted octanol–water partition coefficient (Wildman–Crippen LogP) is 2.89. The number of methoxy groups -OCH3 is 1. The number of esters is 1. The van der Waals surface area contributed by atoms with Crippen molar-refractivity contribution in [1.82, 2.24) is 4.90 Å². The average Bonchev–Trinajstić information content (AvgIpc) is 3.23. The van der Waals surface area contributed by atoms with Crippen molar-refractivity contribution in [2.45, 2.75) is 37.9 Å². The van der Waals surface area contributed by atoms with Gasteiger partial charge in [0.15, 0.2) is 0 Å². The van der Waals surface area contributed by atoms with Crippen LogP contribution in [0, 0.1) is 19.1 Å². The summed E-state index contributed by atoms with van der Waals surface area (Å²) in [5, 5.41) is 0.679. The summed E-state index contributed by atoms with van der Waals surface area (Å²) in [6.07, 6.45) is 5.67. The third kappa shape index (κ3) is 4.74. The van der Waals surface area contributed by atoms with Gasteiger partial charge in [-0.1, -0.05) is 18.2 Å². The van der Waals surface area contributed by atoms with Crippen molar-refractivity contribution < 1.29 is 27.5 Å². The first kappa shape index (κ1) is 25.5. The number of nitrogens with two attached hydrogens (primary N) is 1. The molecule has 2 heterocycles. The van der Waals surface area contributed by atoms with Crippen LogP contribution >= 0.6 is 11.3 Å². The Balaban J connectivity index is 1.63. The summed E-state index contributed by atoms with van der Waals surface area (Å²) in [4.78, 5) is 39.0. The van der Waals surface area contributed by atoms with Crippen LogP contribution in [0.1, 0.15) is 39.2 Å². The number of primary amides is 1. The van der Waals surface area contributed by atoms with E-state index in [9.17, 15) is 22.8 Å². The number of fused-ring (bicyclic) bond motifs is 1. The number of carbonyl (C=O) groups is 3. The second kappa shape index (κ2) is 10.2. The van der Waals surface area contributed by atoms with Gasteiger partial charge in [0, 0.05) is 23.5 Å². The largest absolute Gasteiger partial charge is 0.469 e. The summed E-state index contributed by atoms with van der Waals surface area (Å²) < 4.78 is 33.3. The summed E-state index contributed by atoms with van der Waals surface area (Å²) in [6.45, 7) is 1.99. The van der Waals surface area contributed by atoms with E-state index in [1.807, 2.05) is 6.07 Å². The van der Waals surface area contributed by atoms with E-state index in [1.54, 1.807) is 18.4 Å². The molecule has 1 aromatic carbocycles. The molecule has 1 aromatic heterocycles. The lowest BCUT2D eigenvalue weighted by molar-refractivity contribution is -0.139. The lowest BCUT2D eigenvalue weighted by Crippen LogP contribution is -2.45. The highest BCUT2D eigenvalue weighted by molar-refractivity contribution is 7.93. The van der Waals surface area contributed by atoms with Crippen LogP contribution in [0.5, 0.6) is 0 Å². The molecule has 1 aliphatic carbocycles. The summed E-state index contributed by atoms with van der Waals surface area (Å²) in [5.74, 6) is -1.25. The number of imide groups is 1. The van der Waals surface area contributed by atoms with Gasteiger partial charge in [0.2, 0.25) is 10.0 Å². The van der Waals surface area contributed by atoms with Gasteiger partial charge in [-0.15, -0.1) is 11.3 Å². The number of urea groups is 1. The number of hydrogen-bond donors (Lipinski definition) is 1. The molecule has 1 unspecified atom stereocenters. The molecule has 4 rings (SSSR count). The van der Waals surface area contributed by atoms with Crippen molar-refractivity contribution >= 4 is 45.0 Å². The van der Waals surface area contributed by atoms with Gasteiger partial charge >= 0.3 is 12.0 Å². The first-order chi connectivity index (χ1) is 17.1. The number of carbonyl (C=O) groups excluding carboxylic acids is 3. The summed E-state index contributed by atoms with van der Waals surface area (Å²) in [5.41, 5.74) is 7.85. The van der Waals surface area contributed by atoms with Crippen LogP contribution in [0.15, 0.2) is 41.4 Å². The van der Waals surface area contributed by atoms with Gasteiger partial charge in [-0.2, -0.15) is 0 Å². The summed E-state index contributed by atoms with van der Waals surface area (Å²) >= 11 is 1.20. The molecule has 0 spiro atoms. The molecule has 0 fully saturated rings. The summed E-state index contributed by atoms with van der Waals surface area (Å²) in [6, 6.07) is 8.22. The number of rotatable bonds is 6. The molecule has 1 aliphatic heterocycles. The molecule has 11 heteroatoms. The fraction of sp³-hybridized carbons (Fsp3) is 0.320. The monoisotopic (exact) mass is 527 g/mol. The number of sulfonamides is 1. The van der Waals surface area contributed by atoms with Crippen molar-refractivity contribution in [2.75, 3.05) is 18.0 Å². The van der Waals surface area contributed by atoms with E-state index in [0.717, 1.165) is 16.9 Å². The molecule has 0 radical (unpaired) electrons. The number of nitrogens with zero attached hydrogens (tertiary/aromatic N) is 2. The number of aryl methyl sites for hydroxylation is 2. The number of anilines is 1. The minimum atomic E-state index is -3.90. The Bertz CT molecular complexity index is 1380. The SMILES string of the molecule is COC(=O)Cc1scc(C)c1C(=O)N(C(N)=O)C1=CC=CC(S(=O)(=O)N2CCCc3ccc#cc32)C1. The quantitative estimate of drug-likeness (QED) is 0.576. The van der Waals surface area contributed by atoms with Gasteiger partial charge in [-0.05, 0) is 60.5 Å². The zero-order chi connectivity index (χ0) is 26.0. The average molecular weight is 528 g/mol. The van der Waals surface area contributed by atoms with Crippen molar-refractivity contribution in [3.8, 4) is 0 Å². The Morgan fingerprint density at radius 2 is 2.11 bits per heavy atom. The molecule has 2 N–H and O–H groups in total.